The van der Waals surface area contributed by atoms with Crippen LogP contribution in [0.25, 0.3) is 0 Å². The molecule has 0 spiro atoms. The van der Waals surface area contributed by atoms with Crippen LogP contribution in [-0.4, -0.2) is 39.7 Å². The van der Waals surface area contributed by atoms with Gasteiger partial charge in [0, 0.05) is 30.2 Å². The fraction of sp³-hybridized carbons (Fsp3) is 0.545. The van der Waals surface area contributed by atoms with Gasteiger partial charge in [-0.2, -0.15) is 11.8 Å². The van der Waals surface area contributed by atoms with Crippen molar-refractivity contribution in [3.63, 3.8) is 0 Å². The van der Waals surface area contributed by atoms with E-state index in [1.54, 1.807) is 30.9 Å². The lowest BCUT2D eigenvalue weighted by atomic mass is 10.2. The Hall–Kier alpha value is -1.34. The quantitative estimate of drug-likeness (QED) is 0.581. The molecule has 1 atom stereocenters. The van der Waals surface area contributed by atoms with E-state index in [0.29, 0.717) is 12.0 Å². The summed E-state index contributed by atoms with van der Waals surface area (Å²) in [6.45, 7) is 1.72. The third kappa shape index (κ3) is 3.85. The average molecular weight is 271 g/mol. The minimum Gasteiger partial charge on any atom is -0.396 e. The van der Waals surface area contributed by atoms with Gasteiger partial charge in [-0.05, 0) is 25.7 Å². The largest absolute Gasteiger partial charge is 0.396 e. The lowest BCUT2D eigenvalue weighted by molar-refractivity contribution is -0.384. The number of thioether (sulfide) groups is 1. The van der Waals surface area contributed by atoms with Crippen molar-refractivity contribution in [2.75, 3.05) is 23.9 Å². The summed E-state index contributed by atoms with van der Waals surface area (Å²) in [6.07, 6.45) is 4.03. The first kappa shape index (κ1) is 14.7. The second kappa shape index (κ2) is 7.17. The van der Waals surface area contributed by atoms with Gasteiger partial charge in [0.1, 0.15) is 0 Å². The molecule has 7 heteroatoms. The van der Waals surface area contributed by atoms with Crippen LogP contribution in [0.1, 0.15) is 12.0 Å². The third-order valence-corrected chi connectivity index (χ3v) is 3.23. The standard InChI is InChI=1S/C11H17N3O3S/c1-8-3-5-12-11(10(8)14(16)17)13-9(4-6-15)7-18-2/h3,5,9,15H,4,6-7H2,1-2H3,(H,12,13)/t9-/m1/s1. The maximum Gasteiger partial charge on any atom is 0.314 e. The molecule has 0 aliphatic rings. The number of nitrogens with one attached hydrogen (secondary N) is 1. The Balaban J connectivity index is 2.94. The summed E-state index contributed by atoms with van der Waals surface area (Å²) in [5.41, 5.74) is 0.575. The highest BCUT2D eigenvalue weighted by atomic mass is 32.2. The topological polar surface area (TPSA) is 88.3 Å². The minimum atomic E-state index is -0.431. The SMILES string of the molecule is CSC[C@@H](CCO)Nc1nccc(C)c1[N+](=O)[O-]. The summed E-state index contributed by atoms with van der Waals surface area (Å²) in [4.78, 5) is 14.6. The molecule has 1 aromatic rings. The number of aliphatic hydroxyl groups excluding tert-OH is 1. The predicted molar refractivity (Wildman–Crippen MR) is 73.1 cm³/mol. The smallest absolute Gasteiger partial charge is 0.314 e. The third-order valence-electron chi connectivity index (χ3n) is 2.49. The van der Waals surface area contributed by atoms with Gasteiger partial charge < -0.3 is 10.4 Å². The lowest BCUT2D eigenvalue weighted by Gasteiger charge is -2.17. The van der Waals surface area contributed by atoms with Gasteiger partial charge in [0.05, 0.1) is 4.92 Å². The molecule has 1 rings (SSSR count). The molecular formula is C11H17N3O3S. The van der Waals surface area contributed by atoms with Crippen molar-refractivity contribution in [3.05, 3.63) is 27.9 Å². The van der Waals surface area contributed by atoms with Crippen LogP contribution in [0.3, 0.4) is 0 Å². The Morgan fingerprint density at radius 1 is 1.67 bits per heavy atom. The van der Waals surface area contributed by atoms with E-state index in [1.807, 2.05) is 6.26 Å². The number of rotatable bonds is 7. The van der Waals surface area contributed by atoms with Crippen molar-refractivity contribution in [1.82, 2.24) is 4.98 Å². The zero-order valence-corrected chi connectivity index (χ0v) is 11.2. The van der Waals surface area contributed by atoms with Crippen LogP contribution < -0.4 is 5.32 Å². The molecule has 0 bridgehead atoms. The molecule has 0 aromatic carbocycles. The van der Waals surface area contributed by atoms with Crippen molar-refractivity contribution >= 4 is 23.3 Å². The molecule has 0 fully saturated rings. The highest BCUT2D eigenvalue weighted by Gasteiger charge is 2.20. The highest BCUT2D eigenvalue weighted by molar-refractivity contribution is 7.98. The molecule has 0 saturated heterocycles. The van der Waals surface area contributed by atoms with Gasteiger partial charge in [-0.1, -0.05) is 0 Å². The van der Waals surface area contributed by atoms with Gasteiger partial charge >= 0.3 is 5.69 Å². The fourth-order valence-corrected chi connectivity index (χ4v) is 2.29. The normalized spacial score (nSPS) is 12.2. The average Bonchev–Trinajstić information content (AvgIpc) is 2.29. The molecule has 0 saturated carbocycles. The van der Waals surface area contributed by atoms with Crippen LogP contribution in [0.4, 0.5) is 11.5 Å². The molecule has 100 valence electrons. The van der Waals surface area contributed by atoms with E-state index in [1.165, 1.54) is 0 Å². The van der Waals surface area contributed by atoms with Crippen LogP contribution in [0.5, 0.6) is 0 Å². The highest BCUT2D eigenvalue weighted by Crippen LogP contribution is 2.26. The molecule has 0 unspecified atom stereocenters. The summed E-state index contributed by atoms with van der Waals surface area (Å²) in [5.74, 6) is 1.03. The zero-order chi connectivity index (χ0) is 13.5. The Kier molecular flexibility index (Phi) is 5.87. The van der Waals surface area contributed by atoms with Gasteiger partial charge in [-0.3, -0.25) is 10.1 Å². The number of hydrogen-bond donors (Lipinski definition) is 2. The first-order valence-corrected chi connectivity index (χ1v) is 6.95. The maximum absolute atomic E-state index is 11.0. The van der Waals surface area contributed by atoms with Crippen molar-refractivity contribution in [2.45, 2.75) is 19.4 Å². The van der Waals surface area contributed by atoms with Crippen LogP contribution in [0, 0.1) is 17.0 Å². The van der Waals surface area contributed by atoms with Crippen molar-refractivity contribution in [2.24, 2.45) is 0 Å². The van der Waals surface area contributed by atoms with Gasteiger partial charge in [0.2, 0.25) is 5.82 Å². The van der Waals surface area contributed by atoms with E-state index in [0.717, 1.165) is 5.75 Å². The summed E-state index contributed by atoms with van der Waals surface area (Å²) in [5, 5.41) is 23.0. The molecule has 0 amide bonds. The van der Waals surface area contributed by atoms with Crippen LogP contribution in [0.2, 0.25) is 0 Å². The van der Waals surface area contributed by atoms with Gasteiger partial charge in [0.25, 0.3) is 0 Å². The molecule has 0 aliphatic carbocycles. The van der Waals surface area contributed by atoms with E-state index in [4.69, 9.17) is 5.11 Å². The number of pyridine rings is 1. The van der Waals surface area contributed by atoms with Gasteiger partial charge in [-0.25, -0.2) is 4.98 Å². The first-order chi connectivity index (χ1) is 8.60. The molecule has 1 heterocycles. The van der Waals surface area contributed by atoms with Crippen molar-refractivity contribution in [3.8, 4) is 0 Å². The van der Waals surface area contributed by atoms with E-state index >= 15 is 0 Å². The number of hydrogen-bond acceptors (Lipinski definition) is 6. The zero-order valence-electron chi connectivity index (χ0n) is 10.4. The summed E-state index contributed by atoms with van der Waals surface area (Å²) >= 11 is 1.62. The molecule has 1 aromatic heterocycles. The monoisotopic (exact) mass is 271 g/mol. The van der Waals surface area contributed by atoms with Crippen molar-refractivity contribution in [1.29, 1.82) is 0 Å². The van der Waals surface area contributed by atoms with E-state index in [2.05, 4.69) is 10.3 Å². The number of aromatic nitrogens is 1. The van der Waals surface area contributed by atoms with Crippen LogP contribution >= 0.6 is 11.8 Å². The van der Waals surface area contributed by atoms with Gasteiger partial charge in [-0.15, -0.1) is 0 Å². The maximum atomic E-state index is 11.0. The van der Waals surface area contributed by atoms with Gasteiger partial charge in [0.15, 0.2) is 0 Å². The number of nitrogens with zero attached hydrogens (tertiary/aromatic N) is 2. The summed E-state index contributed by atoms with van der Waals surface area (Å²) in [7, 11) is 0. The van der Waals surface area contributed by atoms with E-state index in [9.17, 15) is 10.1 Å². The number of aliphatic hydroxyl groups is 1. The second-order valence-corrected chi connectivity index (χ2v) is 4.80. The lowest BCUT2D eigenvalue weighted by Crippen LogP contribution is -2.24. The Morgan fingerprint density at radius 2 is 2.39 bits per heavy atom. The predicted octanol–water partition coefficient (Wildman–Crippen LogP) is 1.82. The number of anilines is 1. The van der Waals surface area contributed by atoms with E-state index in [-0.39, 0.29) is 24.2 Å². The molecule has 2 N–H and O–H groups in total. The van der Waals surface area contributed by atoms with E-state index < -0.39 is 4.92 Å². The second-order valence-electron chi connectivity index (χ2n) is 3.89. The Labute approximate surface area is 110 Å². The summed E-state index contributed by atoms with van der Waals surface area (Å²) in [6, 6.07) is 1.58. The Bertz CT molecular complexity index is 409. The minimum absolute atomic E-state index is 0.00143. The van der Waals surface area contributed by atoms with Crippen LogP contribution in [0.15, 0.2) is 12.3 Å². The molecule has 18 heavy (non-hydrogen) atoms. The fourth-order valence-electron chi connectivity index (χ4n) is 1.63. The molecular weight excluding hydrogens is 254 g/mol. The summed E-state index contributed by atoms with van der Waals surface area (Å²) < 4.78 is 0. The first-order valence-electron chi connectivity index (χ1n) is 5.56. The number of nitro groups is 1. The molecule has 0 radical (unpaired) electrons. The number of aryl methyl sites for hydroxylation is 1. The molecule has 6 nitrogen and oxygen atoms in total. The van der Waals surface area contributed by atoms with Crippen molar-refractivity contribution < 1.29 is 10.0 Å². The Morgan fingerprint density at radius 3 is 2.94 bits per heavy atom. The molecule has 0 aliphatic heterocycles. The van der Waals surface area contributed by atoms with Crippen LogP contribution in [-0.2, 0) is 0 Å².